The summed E-state index contributed by atoms with van der Waals surface area (Å²) >= 11 is 0. The molecular formula is C24H30N2O2. The summed E-state index contributed by atoms with van der Waals surface area (Å²) in [5.41, 5.74) is 3.33. The molecule has 2 fully saturated rings. The van der Waals surface area contributed by atoms with Gasteiger partial charge in [0.25, 0.3) is 0 Å². The minimum absolute atomic E-state index is 0.230. The Morgan fingerprint density at radius 2 is 1.50 bits per heavy atom. The van der Waals surface area contributed by atoms with Crippen LogP contribution in [0, 0.1) is 0 Å². The number of carbonyl (C=O) groups excluding carboxylic acids is 1. The maximum Gasteiger partial charge on any atom is 0.227 e. The SMILES string of the molecule is CC(C)N1CCC(Oc2ccc(-c3ccc(N4CCCC4=O)cc3)cc2)CC1. The molecule has 0 radical (unpaired) electrons. The van der Waals surface area contributed by atoms with E-state index >= 15 is 0 Å². The van der Waals surface area contributed by atoms with Gasteiger partial charge in [0, 0.05) is 37.8 Å². The molecule has 0 atom stereocenters. The summed E-state index contributed by atoms with van der Waals surface area (Å²) in [5.74, 6) is 1.18. The third kappa shape index (κ3) is 4.22. The van der Waals surface area contributed by atoms with E-state index in [-0.39, 0.29) is 5.91 Å². The van der Waals surface area contributed by atoms with E-state index in [9.17, 15) is 4.79 Å². The molecule has 148 valence electrons. The first-order chi connectivity index (χ1) is 13.6. The molecule has 0 bridgehead atoms. The summed E-state index contributed by atoms with van der Waals surface area (Å²) in [6, 6.07) is 17.3. The highest BCUT2D eigenvalue weighted by atomic mass is 16.5. The van der Waals surface area contributed by atoms with E-state index in [1.165, 1.54) is 5.56 Å². The second-order valence-corrected chi connectivity index (χ2v) is 8.17. The van der Waals surface area contributed by atoms with E-state index in [2.05, 4.69) is 55.1 Å². The number of carbonyl (C=O) groups is 1. The van der Waals surface area contributed by atoms with Gasteiger partial charge >= 0.3 is 0 Å². The molecule has 0 spiro atoms. The normalized spacial score (nSPS) is 18.8. The standard InChI is InChI=1S/C24H30N2O2/c1-18(2)25-16-13-23(14-17-25)28-22-11-7-20(8-12-22)19-5-9-21(10-6-19)26-15-3-4-24(26)27/h5-12,18,23H,3-4,13-17H2,1-2H3. The quantitative estimate of drug-likeness (QED) is 0.754. The van der Waals surface area contributed by atoms with Crippen molar-refractivity contribution in [3.8, 4) is 16.9 Å². The minimum atomic E-state index is 0.230. The summed E-state index contributed by atoms with van der Waals surface area (Å²) in [6.07, 6.45) is 4.13. The first kappa shape index (κ1) is 19.0. The highest BCUT2D eigenvalue weighted by molar-refractivity contribution is 5.95. The van der Waals surface area contributed by atoms with Crippen LogP contribution < -0.4 is 9.64 Å². The predicted octanol–water partition coefficient (Wildman–Crippen LogP) is 4.73. The van der Waals surface area contributed by atoms with Gasteiger partial charge in [-0.25, -0.2) is 0 Å². The van der Waals surface area contributed by atoms with E-state index in [0.717, 1.165) is 55.9 Å². The molecular weight excluding hydrogens is 348 g/mol. The van der Waals surface area contributed by atoms with Crippen molar-refractivity contribution in [2.45, 2.75) is 51.7 Å². The number of rotatable bonds is 5. The van der Waals surface area contributed by atoms with Gasteiger partial charge in [-0.05, 0) is 68.5 Å². The number of hydrogen-bond acceptors (Lipinski definition) is 3. The van der Waals surface area contributed by atoms with Crippen molar-refractivity contribution in [1.82, 2.24) is 4.90 Å². The highest BCUT2D eigenvalue weighted by Crippen LogP contribution is 2.28. The lowest BCUT2D eigenvalue weighted by atomic mass is 10.0. The summed E-state index contributed by atoms with van der Waals surface area (Å²) in [7, 11) is 0. The lowest BCUT2D eigenvalue weighted by Crippen LogP contribution is -2.41. The van der Waals surface area contributed by atoms with Gasteiger partial charge in [0.05, 0.1) is 0 Å². The van der Waals surface area contributed by atoms with Crippen molar-refractivity contribution in [3.05, 3.63) is 48.5 Å². The molecule has 2 aromatic rings. The van der Waals surface area contributed by atoms with Gasteiger partial charge in [-0.2, -0.15) is 0 Å². The molecule has 0 unspecified atom stereocenters. The van der Waals surface area contributed by atoms with Gasteiger partial charge in [-0.3, -0.25) is 4.79 Å². The van der Waals surface area contributed by atoms with Crippen LogP contribution in [-0.2, 0) is 4.79 Å². The van der Waals surface area contributed by atoms with Gasteiger partial charge < -0.3 is 14.5 Å². The van der Waals surface area contributed by atoms with Gasteiger partial charge in [0.15, 0.2) is 0 Å². The third-order valence-electron chi connectivity index (χ3n) is 5.95. The van der Waals surface area contributed by atoms with Crippen LogP contribution in [0.25, 0.3) is 11.1 Å². The molecule has 4 nitrogen and oxygen atoms in total. The number of likely N-dealkylation sites (tertiary alicyclic amines) is 1. The largest absolute Gasteiger partial charge is 0.490 e. The van der Waals surface area contributed by atoms with Crippen LogP contribution in [0.1, 0.15) is 39.5 Å². The van der Waals surface area contributed by atoms with Crippen molar-refractivity contribution >= 4 is 11.6 Å². The van der Waals surface area contributed by atoms with Gasteiger partial charge in [0.2, 0.25) is 5.91 Å². The molecule has 4 heteroatoms. The molecule has 0 aromatic heterocycles. The van der Waals surface area contributed by atoms with Crippen LogP contribution >= 0.6 is 0 Å². The topological polar surface area (TPSA) is 32.8 Å². The Bertz CT molecular complexity index is 790. The van der Waals surface area contributed by atoms with Gasteiger partial charge in [0.1, 0.15) is 11.9 Å². The number of hydrogen-bond donors (Lipinski definition) is 0. The number of ether oxygens (including phenoxy) is 1. The van der Waals surface area contributed by atoms with E-state index in [4.69, 9.17) is 4.74 Å². The highest BCUT2D eigenvalue weighted by Gasteiger charge is 2.22. The lowest BCUT2D eigenvalue weighted by molar-refractivity contribution is -0.117. The second-order valence-electron chi connectivity index (χ2n) is 8.17. The zero-order valence-corrected chi connectivity index (χ0v) is 16.9. The van der Waals surface area contributed by atoms with Crippen LogP contribution in [0.2, 0.25) is 0 Å². The third-order valence-corrected chi connectivity index (χ3v) is 5.95. The van der Waals surface area contributed by atoms with Crippen molar-refractivity contribution in [3.63, 3.8) is 0 Å². The maximum atomic E-state index is 11.9. The zero-order chi connectivity index (χ0) is 19.5. The van der Waals surface area contributed by atoms with E-state index in [0.29, 0.717) is 18.6 Å². The Hall–Kier alpha value is -2.33. The Morgan fingerprint density at radius 3 is 2.04 bits per heavy atom. The molecule has 2 aromatic carbocycles. The Balaban J connectivity index is 1.36. The van der Waals surface area contributed by atoms with Crippen LogP contribution in [0.4, 0.5) is 5.69 Å². The van der Waals surface area contributed by atoms with Crippen LogP contribution in [-0.4, -0.2) is 42.6 Å². The van der Waals surface area contributed by atoms with Crippen LogP contribution in [0.3, 0.4) is 0 Å². The lowest BCUT2D eigenvalue weighted by Gasteiger charge is -2.34. The van der Waals surface area contributed by atoms with Crippen LogP contribution in [0.15, 0.2) is 48.5 Å². The monoisotopic (exact) mass is 378 g/mol. The number of amides is 1. The number of benzene rings is 2. The molecule has 2 aliphatic heterocycles. The fourth-order valence-electron chi connectivity index (χ4n) is 4.18. The summed E-state index contributed by atoms with van der Waals surface area (Å²) in [6.45, 7) is 7.59. The first-order valence-corrected chi connectivity index (χ1v) is 10.5. The Labute approximate surface area is 168 Å². The fraction of sp³-hybridized carbons (Fsp3) is 0.458. The zero-order valence-electron chi connectivity index (χ0n) is 16.9. The molecule has 0 saturated carbocycles. The first-order valence-electron chi connectivity index (χ1n) is 10.5. The number of anilines is 1. The molecule has 4 rings (SSSR count). The van der Waals surface area contributed by atoms with Crippen molar-refractivity contribution in [2.24, 2.45) is 0 Å². The Kier molecular flexibility index (Phi) is 5.67. The maximum absolute atomic E-state index is 11.9. The van der Waals surface area contributed by atoms with Gasteiger partial charge in [-0.15, -0.1) is 0 Å². The average Bonchev–Trinajstić information content (AvgIpc) is 3.15. The average molecular weight is 379 g/mol. The van der Waals surface area contributed by atoms with E-state index in [1.54, 1.807) is 0 Å². The molecule has 2 saturated heterocycles. The molecule has 0 aliphatic carbocycles. The van der Waals surface area contributed by atoms with Crippen molar-refractivity contribution in [1.29, 1.82) is 0 Å². The molecule has 0 N–H and O–H groups in total. The van der Waals surface area contributed by atoms with E-state index < -0.39 is 0 Å². The molecule has 2 heterocycles. The van der Waals surface area contributed by atoms with Crippen LogP contribution in [0.5, 0.6) is 5.75 Å². The number of piperidine rings is 1. The molecule has 28 heavy (non-hydrogen) atoms. The van der Waals surface area contributed by atoms with Gasteiger partial charge in [-0.1, -0.05) is 24.3 Å². The summed E-state index contributed by atoms with van der Waals surface area (Å²) in [5, 5.41) is 0. The molecule has 2 aliphatic rings. The minimum Gasteiger partial charge on any atom is -0.490 e. The van der Waals surface area contributed by atoms with Crippen molar-refractivity contribution < 1.29 is 9.53 Å². The summed E-state index contributed by atoms with van der Waals surface area (Å²) < 4.78 is 6.20. The fourth-order valence-corrected chi connectivity index (χ4v) is 4.18. The Morgan fingerprint density at radius 1 is 0.893 bits per heavy atom. The second kappa shape index (κ2) is 8.36. The smallest absolute Gasteiger partial charge is 0.227 e. The number of nitrogens with zero attached hydrogens (tertiary/aromatic N) is 2. The predicted molar refractivity (Wildman–Crippen MR) is 114 cm³/mol. The summed E-state index contributed by atoms with van der Waals surface area (Å²) in [4.78, 5) is 16.3. The van der Waals surface area contributed by atoms with E-state index in [1.807, 2.05) is 17.0 Å². The molecule has 1 amide bonds. The van der Waals surface area contributed by atoms with Crippen molar-refractivity contribution in [2.75, 3.05) is 24.5 Å².